The largest absolute Gasteiger partial charge is 0.497 e. The van der Waals surface area contributed by atoms with Gasteiger partial charge in [0.15, 0.2) is 0 Å². The third kappa shape index (κ3) is 8.89. The molecule has 0 bridgehead atoms. The molecular weight excluding hydrogens is 602 g/mol. The summed E-state index contributed by atoms with van der Waals surface area (Å²) in [5, 5.41) is 3.68. The summed E-state index contributed by atoms with van der Waals surface area (Å²) in [6, 6.07) is 20.3. The molecule has 4 rings (SSSR count). The van der Waals surface area contributed by atoms with Gasteiger partial charge >= 0.3 is 0 Å². The first-order valence-corrected chi connectivity index (χ1v) is 16.9. The van der Waals surface area contributed by atoms with Crippen LogP contribution in [0.1, 0.15) is 43.2 Å². The number of methoxy groups -OCH3 is 2. The van der Waals surface area contributed by atoms with Gasteiger partial charge < -0.3 is 19.7 Å². The normalized spacial score (nSPS) is 14.4. The lowest BCUT2D eigenvalue weighted by molar-refractivity contribution is -0.140. The lowest BCUT2D eigenvalue weighted by atomic mass is 9.94. The number of amides is 2. The van der Waals surface area contributed by atoms with Gasteiger partial charge in [-0.2, -0.15) is 0 Å². The van der Waals surface area contributed by atoms with Crippen LogP contribution in [0.4, 0.5) is 5.69 Å². The summed E-state index contributed by atoms with van der Waals surface area (Å²) < 4.78 is 38.0. The molecule has 9 nitrogen and oxygen atoms in total. The van der Waals surface area contributed by atoms with Crippen LogP contribution in [0, 0.1) is 0 Å². The van der Waals surface area contributed by atoms with Crippen molar-refractivity contribution in [1.29, 1.82) is 0 Å². The molecule has 0 aliphatic heterocycles. The summed E-state index contributed by atoms with van der Waals surface area (Å²) in [6.45, 7) is -0.504. The zero-order valence-corrected chi connectivity index (χ0v) is 26.9. The molecular formula is C33H40ClN3O6S. The number of rotatable bonds is 13. The van der Waals surface area contributed by atoms with Crippen LogP contribution in [0.5, 0.6) is 11.5 Å². The quantitative estimate of drug-likeness (QED) is 0.275. The van der Waals surface area contributed by atoms with Gasteiger partial charge in [0.2, 0.25) is 21.8 Å². The Morgan fingerprint density at radius 1 is 0.932 bits per heavy atom. The van der Waals surface area contributed by atoms with Gasteiger partial charge in [-0.15, -0.1) is 0 Å². The second kappa shape index (κ2) is 15.3. The topological polar surface area (TPSA) is 105 Å². The summed E-state index contributed by atoms with van der Waals surface area (Å²) in [5.41, 5.74) is 1.76. The molecule has 1 saturated carbocycles. The molecule has 3 aromatic rings. The van der Waals surface area contributed by atoms with E-state index in [2.05, 4.69) is 5.32 Å². The number of hydrogen-bond acceptors (Lipinski definition) is 6. The van der Waals surface area contributed by atoms with Crippen molar-refractivity contribution in [3.8, 4) is 11.5 Å². The van der Waals surface area contributed by atoms with E-state index in [9.17, 15) is 18.0 Å². The van der Waals surface area contributed by atoms with Crippen LogP contribution in [-0.4, -0.2) is 64.2 Å². The number of hydrogen-bond donors (Lipinski definition) is 1. The summed E-state index contributed by atoms with van der Waals surface area (Å²) in [7, 11) is -1.06. The Balaban J connectivity index is 1.75. The highest BCUT2D eigenvalue weighted by atomic mass is 35.5. The first-order valence-electron chi connectivity index (χ1n) is 14.7. The maximum Gasteiger partial charge on any atom is 0.244 e. The molecule has 0 spiro atoms. The third-order valence-corrected chi connectivity index (χ3v) is 9.16. The van der Waals surface area contributed by atoms with Gasteiger partial charge in [0.1, 0.15) is 24.1 Å². The SMILES string of the molecule is COc1ccc(N(CC(=O)N(Cc2cccc(Cl)c2)C(Cc2ccccc2)C(=O)NC2CCCCC2)S(C)(=O)=O)c(OC)c1. The van der Waals surface area contributed by atoms with E-state index in [0.717, 1.165) is 48.2 Å². The molecule has 1 atom stereocenters. The van der Waals surface area contributed by atoms with Gasteiger partial charge in [-0.25, -0.2) is 8.42 Å². The Bertz CT molecular complexity index is 1530. The molecule has 1 aliphatic rings. The molecule has 1 aliphatic carbocycles. The number of anilines is 1. The smallest absolute Gasteiger partial charge is 0.244 e. The Morgan fingerprint density at radius 2 is 1.64 bits per heavy atom. The summed E-state index contributed by atoms with van der Waals surface area (Å²) in [5.74, 6) is -0.132. The Hall–Kier alpha value is -3.76. The lowest BCUT2D eigenvalue weighted by Gasteiger charge is -2.35. The number of nitrogens with one attached hydrogen (secondary N) is 1. The van der Waals surface area contributed by atoms with Gasteiger partial charge in [-0.1, -0.05) is 73.3 Å². The first-order chi connectivity index (χ1) is 21.1. The highest BCUT2D eigenvalue weighted by Gasteiger charge is 2.34. The van der Waals surface area contributed by atoms with E-state index < -0.39 is 28.5 Å². The van der Waals surface area contributed by atoms with Crippen LogP contribution in [0.15, 0.2) is 72.8 Å². The number of carbonyl (C=O) groups is 2. The van der Waals surface area contributed by atoms with Gasteiger partial charge in [0.05, 0.1) is 26.2 Å². The van der Waals surface area contributed by atoms with Gasteiger partial charge in [0.25, 0.3) is 0 Å². The Kier molecular flexibility index (Phi) is 11.5. The average molecular weight is 642 g/mol. The fraction of sp³-hybridized carbons (Fsp3) is 0.394. The van der Waals surface area contributed by atoms with Crippen molar-refractivity contribution in [3.63, 3.8) is 0 Å². The van der Waals surface area contributed by atoms with E-state index in [4.69, 9.17) is 21.1 Å². The maximum atomic E-state index is 14.4. The van der Waals surface area contributed by atoms with E-state index in [-0.39, 0.29) is 36.4 Å². The Morgan fingerprint density at radius 3 is 2.27 bits per heavy atom. The van der Waals surface area contributed by atoms with Crippen LogP contribution in [0.3, 0.4) is 0 Å². The van der Waals surface area contributed by atoms with Crippen LogP contribution in [0.2, 0.25) is 5.02 Å². The second-order valence-corrected chi connectivity index (χ2v) is 13.4. The van der Waals surface area contributed by atoms with E-state index in [0.29, 0.717) is 16.3 Å². The number of sulfonamides is 1. The third-order valence-electron chi connectivity index (χ3n) is 7.80. The number of halogens is 1. The number of benzene rings is 3. The molecule has 1 fully saturated rings. The molecule has 0 aromatic heterocycles. The second-order valence-electron chi connectivity index (χ2n) is 11.0. The van der Waals surface area contributed by atoms with Gasteiger partial charge in [0, 0.05) is 30.1 Å². The van der Waals surface area contributed by atoms with Crippen molar-refractivity contribution >= 4 is 39.1 Å². The van der Waals surface area contributed by atoms with E-state index in [1.807, 2.05) is 36.4 Å². The highest BCUT2D eigenvalue weighted by Crippen LogP contribution is 2.34. The van der Waals surface area contributed by atoms with Gasteiger partial charge in [-0.3, -0.25) is 13.9 Å². The highest BCUT2D eigenvalue weighted by molar-refractivity contribution is 7.92. The minimum absolute atomic E-state index is 0.0220. The van der Waals surface area contributed by atoms with Gasteiger partial charge in [-0.05, 0) is 48.2 Å². The molecule has 2 amide bonds. The standard InChI is InChI=1S/C33H40ClN3O6S/c1-42-28-17-18-29(31(21-28)43-2)37(44(3,40)41)23-32(38)36(22-25-13-10-14-26(34)19-25)30(20-24-11-6-4-7-12-24)33(39)35-27-15-8-5-9-16-27/h4,6-7,10-14,17-19,21,27,30H,5,8-9,15-16,20,22-23H2,1-3H3,(H,35,39). The predicted octanol–water partition coefficient (Wildman–Crippen LogP) is 5.21. The fourth-order valence-corrected chi connectivity index (χ4v) is 6.58. The Labute approximate surface area is 265 Å². The zero-order valence-electron chi connectivity index (χ0n) is 25.4. The molecule has 0 saturated heterocycles. The summed E-state index contributed by atoms with van der Waals surface area (Å²) >= 11 is 6.30. The average Bonchev–Trinajstić information content (AvgIpc) is 3.01. The summed E-state index contributed by atoms with van der Waals surface area (Å²) in [4.78, 5) is 29.9. The molecule has 236 valence electrons. The zero-order chi connectivity index (χ0) is 31.7. The van der Waals surface area contributed by atoms with Crippen molar-refractivity contribution in [1.82, 2.24) is 10.2 Å². The molecule has 44 heavy (non-hydrogen) atoms. The minimum atomic E-state index is -3.96. The molecule has 1 N–H and O–H groups in total. The molecule has 1 unspecified atom stereocenters. The molecule has 0 heterocycles. The number of nitrogens with zero attached hydrogens (tertiary/aromatic N) is 2. The van der Waals surface area contributed by atoms with Crippen molar-refractivity contribution in [3.05, 3.63) is 88.9 Å². The number of ether oxygens (including phenoxy) is 2. The monoisotopic (exact) mass is 641 g/mol. The minimum Gasteiger partial charge on any atom is -0.497 e. The predicted molar refractivity (Wildman–Crippen MR) is 173 cm³/mol. The maximum absolute atomic E-state index is 14.4. The summed E-state index contributed by atoms with van der Waals surface area (Å²) in [6.07, 6.45) is 6.24. The van der Waals surface area contributed by atoms with E-state index in [1.165, 1.54) is 25.2 Å². The van der Waals surface area contributed by atoms with Crippen molar-refractivity contribution in [2.24, 2.45) is 0 Å². The van der Waals surface area contributed by atoms with Crippen molar-refractivity contribution in [2.45, 2.75) is 57.2 Å². The van der Waals surface area contributed by atoms with Crippen LogP contribution >= 0.6 is 11.6 Å². The lowest BCUT2D eigenvalue weighted by Crippen LogP contribution is -2.55. The van der Waals surface area contributed by atoms with Crippen LogP contribution in [-0.2, 0) is 32.6 Å². The van der Waals surface area contributed by atoms with Crippen LogP contribution in [0.25, 0.3) is 0 Å². The number of carbonyl (C=O) groups excluding carboxylic acids is 2. The van der Waals surface area contributed by atoms with E-state index >= 15 is 0 Å². The van der Waals surface area contributed by atoms with Crippen molar-refractivity contribution < 1.29 is 27.5 Å². The molecule has 0 radical (unpaired) electrons. The van der Waals surface area contributed by atoms with Crippen LogP contribution < -0.4 is 19.1 Å². The van der Waals surface area contributed by atoms with Crippen molar-refractivity contribution in [2.75, 3.05) is 31.3 Å². The fourth-order valence-electron chi connectivity index (χ4n) is 5.52. The first kappa shape index (κ1) is 33.1. The van der Waals surface area contributed by atoms with E-state index in [1.54, 1.807) is 30.3 Å². The molecule has 11 heteroatoms. The molecule has 3 aromatic carbocycles.